The Kier molecular flexibility index (Phi) is 7.16. The van der Waals surface area contributed by atoms with Crippen LogP contribution in [-0.4, -0.2) is 27.7 Å². The van der Waals surface area contributed by atoms with E-state index in [0.29, 0.717) is 11.3 Å². The molecule has 0 heterocycles. The lowest BCUT2D eigenvalue weighted by atomic mass is 10.1. The highest BCUT2D eigenvalue weighted by Gasteiger charge is 2.23. The molecule has 0 spiro atoms. The average molecular weight is 459 g/mol. The smallest absolute Gasteiger partial charge is 0.340 e. The number of halogens is 2. The largest absolute Gasteiger partial charge is 0.465 e. The summed E-state index contributed by atoms with van der Waals surface area (Å²) >= 11 is 0. The van der Waals surface area contributed by atoms with E-state index in [2.05, 4.69) is 15.2 Å². The number of nitrogens with one attached hydrogen (secondary N) is 2. The Balaban J connectivity index is 1.88. The third-order valence-corrected chi connectivity index (χ3v) is 5.38. The molecule has 0 atom stereocenters. The molecule has 0 unspecified atom stereocenters. The Morgan fingerprint density at radius 1 is 1.03 bits per heavy atom. The van der Waals surface area contributed by atoms with Gasteiger partial charge in [0.2, 0.25) is 0 Å². The van der Waals surface area contributed by atoms with Crippen LogP contribution in [0, 0.1) is 11.6 Å². The molecule has 3 aromatic rings. The van der Waals surface area contributed by atoms with Crippen LogP contribution in [0.25, 0.3) is 0 Å². The van der Waals surface area contributed by atoms with Crippen molar-refractivity contribution in [3.8, 4) is 0 Å². The molecule has 32 heavy (non-hydrogen) atoms. The first-order chi connectivity index (χ1) is 15.3. The molecule has 3 aromatic carbocycles. The number of hydrazone groups is 1. The van der Waals surface area contributed by atoms with Crippen molar-refractivity contribution in [1.82, 2.24) is 4.83 Å². The molecule has 0 saturated carbocycles. The number of rotatable bonds is 8. The van der Waals surface area contributed by atoms with Crippen molar-refractivity contribution >= 4 is 33.6 Å². The highest BCUT2D eigenvalue weighted by Crippen LogP contribution is 2.29. The first-order valence-corrected chi connectivity index (χ1v) is 10.9. The van der Waals surface area contributed by atoms with Gasteiger partial charge in [0.1, 0.15) is 0 Å². The summed E-state index contributed by atoms with van der Waals surface area (Å²) in [5.74, 6) is -3.93. The second-order valence-electron chi connectivity index (χ2n) is 6.59. The zero-order valence-electron chi connectivity index (χ0n) is 16.9. The maximum absolute atomic E-state index is 14.8. The number of methoxy groups -OCH3 is 1. The van der Waals surface area contributed by atoms with Gasteiger partial charge in [-0.25, -0.2) is 26.8 Å². The molecule has 3 rings (SSSR count). The summed E-state index contributed by atoms with van der Waals surface area (Å²) in [6, 6.07) is 17.7. The van der Waals surface area contributed by atoms with E-state index in [-0.39, 0.29) is 11.3 Å². The predicted molar refractivity (Wildman–Crippen MR) is 117 cm³/mol. The fraction of sp³-hybridized carbons (Fsp3) is 0.0909. The summed E-state index contributed by atoms with van der Waals surface area (Å²) in [5, 5.41) is 6.17. The van der Waals surface area contributed by atoms with Crippen LogP contribution in [0.4, 0.5) is 20.2 Å². The standard InChI is InChI=1S/C22H19F2N3O4S/c1-31-22(28)18-12-16(13-25-27-32(29,30)14-15-8-4-2-5-9-15)19(23)20(24)21(18)26-17-10-6-3-7-11-17/h2-13,26-27H,14H2,1H3/b25-13+. The van der Waals surface area contributed by atoms with E-state index < -0.39 is 38.9 Å². The summed E-state index contributed by atoms with van der Waals surface area (Å²) in [5.41, 5.74) is -0.196. The van der Waals surface area contributed by atoms with Gasteiger partial charge < -0.3 is 10.1 Å². The summed E-state index contributed by atoms with van der Waals surface area (Å²) < 4.78 is 58.4. The lowest BCUT2D eigenvalue weighted by Gasteiger charge is -2.14. The first-order valence-electron chi connectivity index (χ1n) is 9.29. The van der Waals surface area contributed by atoms with E-state index >= 15 is 0 Å². The van der Waals surface area contributed by atoms with Crippen LogP contribution in [0.1, 0.15) is 21.5 Å². The van der Waals surface area contributed by atoms with Gasteiger partial charge in [0.15, 0.2) is 11.6 Å². The Morgan fingerprint density at radius 3 is 2.28 bits per heavy atom. The normalized spacial score (nSPS) is 11.3. The van der Waals surface area contributed by atoms with Crippen molar-refractivity contribution in [2.24, 2.45) is 5.10 Å². The molecule has 166 valence electrons. The van der Waals surface area contributed by atoms with Gasteiger partial charge >= 0.3 is 5.97 Å². The van der Waals surface area contributed by atoms with Gasteiger partial charge in [-0.15, -0.1) is 0 Å². The van der Waals surface area contributed by atoms with Crippen LogP contribution in [0.2, 0.25) is 0 Å². The molecule has 2 N–H and O–H groups in total. The van der Waals surface area contributed by atoms with E-state index in [1.807, 2.05) is 4.83 Å². The number of ether oxygens (including phenoxy) is 1. The molecule has 0 aromatic heterocycles. The number of carbonyl (C=O) groups is 1. The van der Waals surface area contributed by atoms with Crippen LogP contribution in [-0.2, 0) is 20.5 Å². The molecule has 0 aliphatic heterocycles. The van der Waals surface area contributed by atoms with E-state index in [1.54, 1.807) is 60.7 Å². The number of anilines is 2. The minimum Gasteiger partial charge on any atom is -0.465 e. The highest BCUT2D eigenvalue weighted by atomic mass is 32.2. The lowest BCUT2D eigenvalue weighted by molar-refractivity contribution is 0.0601. The maximum atomic E-state index is 14.8. The maximum Gasteiger partial charge on any atom is 0.340 e. The predicted octanol–water partition coefficient (Wildman–Crippen LogP) is 3.95. The molecule has 7 nitrogen and oxygen atoms in total. The zero-order chi connectivity index (χ0) is 23.1. The molecular formula is C22H19F2N3O4S. The molecule has 0 aliphatic rings. The summed E-state index contributed by atoms with van der Waals surface area (Å²) in [6.45, 7) is 0. The average Bonchev–Trinajstić information content (AvgIpc) is 2.79. The molecule has 0 amide bonds. The number of para-hydroxylation sites is 1. The van der Waals surface area contributed by atoms with Gasteiger partial charge in [0, 0.05) is 11.3 Å². The van der Waals surface area contributed by atoms with E-state index in [1.165, 1.54) is 0 Å². The minimum atomic E-state index is -3.88. The Morgan fingerprint density at radius 2 is 1.66 bits per heavy atom. The lowest BCUT2D eigenvalue weighted by Crippen LogP contribution is -2.20. The molecule has 0 bridgehead atoms. The van der Waals surface area contributed by atoms with Gasteiger partial charge in [-0.3, -0.25) is 0 Å². The molecule has 10 heteroatoms. The highest BCUT2D eigenvalue weighted by molar-refractivity contribution is 7.88. The fourth-order valence-electron chi connectivity index (χ4n) is 2.80. The van der Waals surface area contributed by atoms with Gasteiger partial charge in [-0.2, -0.15) is 5.10 Å². The van der Waals surface area contributed by atoms with Crippen molar-refractivity contribution in [3.63, 3.8) is 0 Å². The monoisotopic (exact) mass is 459 g/mol. The molecule has 0 radical (unpaired) electrons. The number of nitrogens with zero attached hydrogens (tertiary/aromatic N) is 1. The van der Waals surface area contributed by atoms with Crippen LogP contribution in [0.15, 0.2) is 71.8 Å². The van der Waals surface area contributed by atoms with Crippen molar-refractivity contribution in [2.45, 2.75) is 5.75 Å². The second kappa shape index (κ2) is 10.0. The first kappa shape index (κ1) is 22.9. The van der Waals surface area contributed by atoms with Crippen LogP contribution >= 0.6 is 0 Å². The quantitative estimate of drug-likeness (QED) is 0.302. The van der Waals surface area contributed by atoms with Crippen LogP contribution in [0.5, 0.6) is 0 Å². The molecule has 0 fully saturated rings. The van der Waals surface area contributed by atoms with Crippen molar-refractivity contribution in [1.29, 1.82) is 0 Å². The molecular weight excluding hydrogens is 440 g/mol. The van der Waals surface area contributed by atoms with Crippen molar-refractivity contribution < 1.29 is 26.7 Å². The number of hydrogen-bond acceptors (Lipinski definition) is 6. The zero-order valence-corrected chi connectivity index (χ0v) is 17.7. The summed E-state index contributed by atoms with van der Waals surface area (Å²) in [7, 11) is -2.78. The Bertz CT molecular complexity index is 1240. The molecule has 0 saturated heterocycles. The Hall–Kier alpha value is -3.79. The number of esters is 1. The summed E-state index contributed by atoms with van der Waals surface area (Å²) in [4.78, 5) is 14.1. The van der Waals surface area contributed by atoms with E-state index in [9.17, 15) is 22.0 Å². The Labute approximate surface area is 183 Å². The minimum absolute atomic E-state index is 0.288. The van der Waals surface area contributed by atoms with Crippen molar-refractivity contribution in [2.75, 3.05) is 12.4 Å². The van der Waals surface area contributed by atoms with E-state index in [4.69, 9.17) is 0 Å². The second-order valence-corrected chi connectivity index (χ2v) is 8.29. The van der Waals surface area contributed by atoms with Crippen molar-refractivity contribution in [3.05, 3.63) is 95.1 Å². The van der Waals surface area contributed by atoms with Gasteiger partial charge in [0.25, 0.3) is 10.0 Å². The van der Waals surface area contributed by atoms with Gasteiger partial charge in [0.05, 0.1) is 30.3 Å². The number of hydrogen-bond donors (Lipinski definition) is 2. The third-order valence-electron chi connectivity index (χ3n) is 4.28. The number of carbonyl (C=O) groups excluding carboxylic acids is 1. The van der Waals surface area contributed by atoms with Gasteiger partial charge in [-0.05, 0) is 23.8 Å². The topological polar surface area (TPSA) is 96.9 Å². The fourth-order valence-corrected chi connectivity index (χ4v) is 3.71. The van der Waals surface area contributed by atoms with E-state index in [0.717, 1.165) is 19.4 Å². The SMILES string of the molecule is COC(=O)c1cc(/C=N/NS(=O)(=O)Cc2ccccc2)c(F)c(F)c1Nc1ccccc1. The number of benzene rings is 3. The summed E-state index contributed by atoms with van der Waals surface area (Å²) in [6.07, 6.45) is 0.777. The van der Waals surface area contributed by atoms with Crippen LogP contribution < -0.4 is 10.1 Å². The number of sulfonamides is 1. The van der Waals surface area contributed by atoms with Crippen LogP contribution in [0.3, 0.4) is 0 Å². The van der Waals surface area contributed by atoms with Gasteiger partial charge in [-0.1, -0.05) is 48.5 Å². The third kappa shape index (κ3) is 5.67. The molecule has 0 aliphatic carbocycles.